The van der Waals surface area contributed by atoms with Gasteiger partial charge in [0.05, 0.1) is 0 Å². The Morgan fingerprint density at radius 1 is 0.289 bits per heavy atom. The van der Waals surface area contributed by atoms with Gasteiger partial charge in [0, 0.05) is 0 Å². The zero-order valence-corrected chi connectivity index (χ0v) is 76.3. The molecule has 0 heterocycles. The Balaban J connectivity index is -0.000000116. The van der Waals surface area contributed by atoms with Crippen LogP contribution in [0.4, 0.5) is 0 Å². The maximum absolute atomic E-state index is 2.35. The summed E-state index contributed by atoms with van der Waals surface area (Å²) in [6.07, 6.45) is 11.5. The second kappa shape index (κ2) is 42.1. The van der Waals surface area contributed by atoms with Crippen LogP contribution in [-0.2, 0) is 0 Å². The molecule has 1 aliphatic carbocycles. The van der Waals surface area contributed by atoms with Gasteiger partial charge in [0.15, 0.2) is 0 Å². The van der Waals surface area contributed by atoms with E-state index in [9.17, 15) is 0 Å². The Kier molecular flexibility index (Phi) is 50.8. The summed E-state index contributed by atoms with van der Waals surface area (Å²) in [5.74, 6) is 6.66. The molecule has 558 valence electrons. The molecule has 0 saturated heterocycles. The lowest BCUT2D eigenvalue weighted by Gasteiger charge is -2.49. The van der Waals surface area contributed by atoms with Crippen molar-refractivity contribution in [2.45, 2.75) is 453 Å². The van der Waals surface area contributed by atoms with Gasteiger partial charge in [-0.25, -0.2) is 0 Å². The van der Waals surface area contributed by atoms with Crippen LogP contribution in [0.15, 0.2) is 0 Å². The van der Waals surface area contributed by atoms with Gasteiger partial charge in [-0.2, -0.15) is 0 Å². The van der Waals surface area contributed by atoms with Crippen LogP contribution in [0.3, 0.4) is 0 Å². The minimum Gasteiger partial charge on any atom is -0.0651 e. The third-order valence-electron chi connectivity index (χ3n) is 26.9. The van der Waals surface area contributed by atoms with E-state index in [0.29, 0.717) is 86.6 Å². The molecule has 2 atom stereocenters. The summed E-state index contributed by atoms with van der Waals surface area (Å²) < 4.78 is 0. The molecule has 0 heteroatoms. The van der Waals surface area contributed by atoms with E-state index in [2.05, 4.69) is 402 Å². The fourth-order valence-corrected chi connectivity index (χ4v) is 7.69. The first-order chi connectivity index (χ1) is 38.3. The summed E-state index contributed by atoms with van der Waals surface area (Å²) in [4.78, 5) is 0. The lowest BCUT2D eigenvalue weighted by molar-refractivity contribution is 0.00575. The van der Waals surface area contributed by atoms with Gasteiger partial charge in [0.25, 0.3) is 0 Å². The average Bonchev–Trinajstić information content (AvgIpc) is 3.28. The van der Waals surface area contributed by atoms with E-state index in [4.69, 9.17) is 0 Å². The van der Waals surface area contributed by atoms with Crippen molar-refractivity contribution in [1.82, 2.24) is 0 Å². The van der Waals surface area contributed by atoms with Crippen molar-refractivity contribution in [2.24, 2.45) is 134 Å². The zero-order valence-electron chi connectivity index (χ0n) is 76.3. The third kappa shape index (κ3) is 50.4. The van der Waals surface area contributed by atoms with Gasteiger partial charge in [-0.15, -0.1) is 0 Å². The fourth-order valence-electron chi connectivity index (χ4n) is 7.69. The first-order valence-electron chi connectivity index (χ1n) is 38.3. The van der Waals surface area contributed by atoms with E-state index in [1.165, 1.54) is 51.4 Å². The topological polar surface area (TPSA) is 0 Å². The molecule has 1 saturated carbocycles. The minimum atomic E-state index is 0.375. The van der Waals surface area contributed by atoms with E-state index in [1.807, 2.05) is 0 Å². The third-order valence-corrected chi connectivity index (χ3v) is 26.9. The highest BCUT2D eigenvalue weighted by Crippen LogP contribution is 2.51. The van der Waals surface area contributed by atoms with Gasteiger partial charge >= 0.3 is 0 Å². The lowest BCUT2D eigenvalue weighted by atomic mass is 9.56. The molecule has 1 aliphatic rings. The van der Waals surface area contributed by atoms with Crippen molar-refractivity contribution < 1.29 is 0 Å². The Morgan fingerprint density at radius 3 is 0.589 bits per heavy atom. The van der Waals surface area contributed by atoms with Gasteiger partial charge in [-0.05, 0) is 134 Å². The van der Waals surface area contributed by atoms with E-state index >= 15 is 0 Å². The Hall–Kier alpha value is 0. The van der Waals surface area contributed by atoms with Crippen LogP contribution in [0, 0.1) is 134 Å². The molecule has 0 aliphatic heterocycles. The summed E-state index contributed by atoms with van der Waals surface area (Å²) in [7, 11) is 0. The van der Waals surface area contributed by atoms with Crippen molar-refractivity contribution in [1.29, 1.82) is 0 Å². The molecule has 0 unspecified atom stereocenters. The molecule has 0 bridgehead atoms. The molecule has 0 spiro atoms. The molecule has 0 nitrogen and oxygen atoms in total. The van der Waals surface area contributed by atoms with Crippen LogP contribution in [0.25, 0.3) is 0 Å². The van der Waals surface area contributed by atoms with Crippen LogP contribution >= 0.6 is 0 Å². The van der Waals surface area contributed by atoms with E-state index in [-0.39, 0.29) is 0 Å². The van der Waals surface area contributed by atoms with Crippen LogP contribution in [0.1, 0.15) is 453 Å². The van der Waals surface area contributed by atoms with Crippen molar-refractivity contribution in [3.8, 4) is 0 Å². The largest absolute Gasteiger partial charge is 0.0651 e. The van der Waals surface area contributed by atoms with E-state index in [1.54, 1.807) is 0 Å². The molecular formula is C90H198. The van der Waals surface area contributed by atoms with Gasteiger partial charge in [-0.1, -0.05) is 453 Å². The normalized spacial score (nSPS) is 15.5. The van der Waals surface area contributed by atoms with Gasteiger partial charge < -0.3 is 0 Å². The van der Waals surface area contributed by atoms with Crippen LogP contribution in [0.2, 0.25) is 0 Å². The summed E-state index contributed by atoms with van der Waals surface area (Å²) in [6, 6.07) is 0. The predicted octanol–water partition coefficient (Wildman–Crippen LogP) is 33.9. The zero-order chi connectivity index (χ0) is 76.3. The summed E-state index contributed by atoms with van der Waals surface area (Å²) >= 11 is 0. The highest BCUT2D eigenvalue weighted by atomic mass is 14.5. The van der Waals surface area contributed by atoms with Crippen LogP contribution < -0.4 is 0 Å². The van der Waals surface area contributed by atoms with E-state index in [0.717, 1.165) is 47.3 Å². The SMILES string of the molecule is CC(C(C)(C)C)C(C)(C)C.CC(C)(C)C(C)(C)C.CC(C)(C)C(C)(C)C.CC(C)(C)C(C)(C)C(C)(C)C.CC(C)C(C)(C)C(C)(C)C.CC(C)C(C)(C)C(C)C.CC(C)[C@@H](C)C(C)(C)C.CCC(C)(C)C(C)(C)C.CCC1CCCCC1.CC[C@@H](C)C(C)(C)C. The highest BCUT2D eigenvalue weighted by molar-refractivity contribution is 4.92. The van der Waals surface area contributed by atoms with Crippen molar-refractivity contribution in [2.75, 3.05) is 0 Å². The molecule has 1 fully saturated rings. The van der Waals surface area contributed by atoms with Crippen molar-refractivity contribution >= 4 is 0 Å². The van der Waals surface area contributed by atoms with Gasteiger partial charge in [-0.3, -0.25) is 0 Å². The quantitative estimate of drug-likeness (QED) is 0.238. The molecule has 0 aromatic heterocycles. The first-order valence-corrected chi connectivity index (χ1v) is 38.3. The lowest BCUT2D eigenvalue weighted by Crippen LogP contribution is -2.41. The molecule has 0 aromatic carbocycles. The van der Waals surface area contributed by atoms with Crippen LogP contribution in [-0.4, -0.2) is 0 Å². The Morgan fingerprint density at radius 2 is 0.556 bits per heavy atom. The molecular weight excluding hydrogens is 1080 g/mol. The number of rotatable bonds is 7. The second-order valence-corrected chi connectivity index (χ2v) is 45.3. The average molecular weight is 1280 g/mol. The van der Waals surface area contributed by atoms with Crippen molar-refractivity contribution in [3.63, 3.8) is 0 Å². The number of hydrogen-bond donors (Lipinski definition) is 0. The molecule has 0 amide bonds. The summed E-state index contributed by atoms with van der Waals surface area (Å²) in [6.45, 7) is 133. The minimum absolute atomic E-state index is 0.375. The summed E-state index contributed by atoms with van der Waals surface area (Å²) in [5, 5.41) is 0. The van der Waals surface area contributed by atoms with Gasteiger partial charge in [0.1, 0.15) is 0 Å². The first kappa shape index (κ1) is 109. The molecule has 0 radical (unpaired) electrons. The molecule has 0 aromatic rings. The fraction of sp³-hybridized carbons (Fsp3) is 1.00. The Bertz CT molecular complexity index is 1560. The molecule has 90 heavy (non-hydrogen) atoms. The highest BCUT2D eigenvalue weighted by Gasteiger charge is 2.42. The standard InChI is InChI=1S/C11H24.2C10H22.3C9H20.C8H16.3C8H18/c1-9(2,3)11(7,8)10(4,5)6;1-8(9(2,3)4)10(5,6)7;1-8(2)10(6,7)9(3,4)5;1-7-9(5,6)8(2,3)4;1-7(2)8(3)9(4,5)6;1-7(2)9(5,6)8(3)4;1-2-8-6-4-3-5-7-8;2*1-7(2,3)8(4,5)6;1-6-7(2)8(3,4)5/h1-8H3;2*8H,1-7H3;7H2,1-6H3;2*7-8H,1-6H3;8H,2-7H2,1H3;2*1-6H3;7H,6H2,1-5H3/t;;;;8-;;;;;7-/m....1....1/s1. The second-order valence-electron chi connectivity index (χ2n) is 45.3. The maximum atomic E-state index is 2.35. The van der Waals surface area contributed by atoms with E-state index < -0.39 is 0 Å². The number of hydrogen-bond acceptors (Lipinski definition) is 0. The van der Waals surface area contributed by atoms with Gasteiger partial charge in [0.2, 0.25) is 0 Å². The maximum Gasteiger partial charge on any atom is -0.0257 e. The molecule has 0 N–H and O–H groups in total. The molecule has 1 rings (SSSR count). The monoisotopic (exact) mass is 1280 g/mol. The Labute approximate surface area is 583 Å². The smallest absolute Gasteiger partial charge is 0.0257 e. The summed E-state index contributed by atoms with van der Waals surface area (Å²) in [5.41, 5.74) is 7.04. The van der Waals surface area contributed by atoms with Crippen LogP contribution in [0.5, 0.6) is 0 Å². The predicted molar refractivity (Wildman–Crippen MR) is 433 cm³/mol. The van der Waals surface area contributed by atoms with Crippen molar-refractivity contribution in [3.05, 3.63) is 0 Å².